The highest BCUT2D eigenvalue weighted by molar-refractivity contribution is 6.22. The molecule has 0 radical (unpaired) electrons. The molecule has 1 aliphatic rings. The van der Waals surface area contributed by atoms with Gasteiger partial charge in [0.15, 0.2) is 0 Å². The van der Waals surface area contributed by atoms with Crippen LogP contribution in [0.15, 0.2) is 48.5 Å². The lowest BCUT2D eigenvalue weighted by Gasteiger charge is -2.26. The number of ether oxygens (including phenoxy) is 1. The summed E-state index contributed by atoms with van der Waals surface area (Å²) < 4.78 is 5.20. The number of fused-ring (bicyclic) bond motifs is 1. The summed E-state index contributed by atoms with van der Waals surface area (Å²) in [5.74, 6) is -0.334. The predicted octanol–water partition coefficient (Wildman–Crippen LogP) is 3.02. The lowest BCUT2D eigenvalue weighted by atomic mass is 10.0. The summed E-state index contributed by atoms with van der Waals surface area (Å²) in [6, 6.07) is 13.2. The fourth-order valence-corrected chi connectivity index (χ4v) is 3.36. The monoisotopic (exact) mass is 380 g/mol. The van der Waals surface area contributed by atoms with Crippen molar-refractivity contribution in [3.05, 3.63) is 65.2 Å². The lowest BCUT2D eigenvalue weighted by molar-refractivity contribution is -0.125. The molecule has 1 unspecified atom stereocenters. The Morgan fingerprint density at radius 2 is 1.68 bits per heavy atom. The molecule has 6 heteroatoms. The van der Waals surface area contributed by atoms with Crippen molar-refractivity contribution in [3.63, 3.8) is 0 Å². The SMILES string of the molecule is COc1cccc(CNC(=O)C(CC(C)C)N2C(=O)c3ccccc3C2=O)c1. The number of carbonyl (C=O) groups is 3. The molecule has 0 aliphatic carbocycles. The molecular formula is C22H24N2O4. The zero-order chi connectivity index (χ0) is 20.3. The maximum absolute atomic E-state index is 12.9. The number of nitrogens with zero attached hydrogens (tertiary/aromatic N) is 1. The molecule has 1 N–H and O–H groups in total. The third-order valence-corrected chi connectivity index (χ3v) is 4.74. The molecule has 0 spiro atoms. The topological polar surface area (TPSA) is 75.7 Å². The van der Waals surface area contributed by atoms with Gasteiger partial charge in [0, 0.05) is 6.54 Å². The van der Waals surface area contributed by atoms with E-state index in [1.807, 2.05) is 38.1 Å². The summed E-state index contributed by atoms with van der Waals surface area (Å²) in [5.41, 5.74) is 1.57. The van der Waals surface area contributed by atoms with Gasteiger partial charge in [0.1, 0.15) is 11.8 Å². The van der Waals surface area contributed by atoms with E-state index in [9.17, 15) is 14.4 Å². The number of methoxy groups -OCH3 is 1. The minimum Gasteiger partial charge on any atom is -0.497 e. The zero-order valence-electron chi connectivity index (χ0n) is 16.3. The van der Waals surface area contributed by atoms with Crippen molar-refractivity contribution >= 4 is 17.7 Å². The second-order valence-electron chi connectivity index (χ2n) is 7.24. The Hall–Kier alpha value is -3.15. The van der Waals surface area contributed by atoms with E-state index in [0.29, 0.717) is 23.3 Å². The molecule has 28 heavy (non-hydrogen) atoms. The quantitative estimate of drug-likeness (QED) is 0.749. The third kappa shape index (κ3) is 3.91. The van der Waals surface area contributed by atoms with Crippen molar-refractivity contribution in [1.29, 1.82) is 0 Å². The molecule has 2 aromatic carbocycles. The van der Waals surface area contributed by atoms with Crippen LogP contribution in [0.3, 0.4) is 0 Å². The molecule has 1 heterocycles. The van der Waals surface area contributed by atoms with E-state index in [0.717, 1.165) is 10.5 Å². The Morgan fingerprint density at radius 3 is 2.25 bits per heavy atom. The van der Waals surface area contributed by atoms with Gasteiger partial charge in [-0.25, -0.2) is 0 Å². The number of carbonyl (C=O) groups excluding carboxylic acids is 3. The van der Waals surface area contributed by atoms with Crippen LogP contribution in [0.2, 0.25) is 0 Å². The summed E-state index contributed by atoms with van der Waals surface area (Å²) in [5, 5.41) is 2.86. The Bertz CT molecular complexity index is 872. The van der Waals surface area contributed by atoms with E-state index in [2.05, 4.69) is 5.32 Å². The number of hydrogen-bond donors (Lipinski definition) is 1. The van der Waals surface area contributed by atoms with Gasteiger partial charge >= 0.3 is 0 Å². The van der Waals surface area contributed by atoms with Gasteiger partial charge in [-0.15, -0.1) is 0 Å². The smallest absolute Gasteiger partial charge is 0.262 e. The van der Waals surface area contributed by atoms with Crippen molar-refractivity contribution in [2.24, 2.45) is 5.92 Å². The minimum atomic E-state index is -0.849. The predicted molar refractivity (Wildman–Crippen MR) is 105 cm³/mol. The van der Waals surface area contributed by atoms with E-state index < -0.39 is 17.9 Å². The number of imide groups is 1. The molecular weight excluding hydrogens is 356 g/mol. The second kappa shape index (κ2) is 8.25. The summed E-state index contributed by atoms with van der Waals surface area (Å²) in [6.07, 6.45) is 0.398. The Kier molecular flexibility index (Phi) is 5.78. The fraction of sp³-hybridized carbons (Fsp3) is 0.318. The highest BCUT2D eigenvalue weighted by Gasteiger charge is 2.42. The fourth-order valence-electron chi connectivity index (χ4n) is 3.36. The zero-order valence-corrected chi connectivity index (χ0v) is 16.3. The molecule has 6 nitrogen and oxygen atoms in total. The summed E-state index contributed by atoms with van der Waals surface area (Å²) in [7, 11) is 1.58. The van der Waals surface area contributed by atoms with Crippen molar-refractivity contribution in [2.45, 2.75) is 32.9 Å². The molecule has 0 saturated heterocycles. The molecule has 0 bridgehead atoms. The summed E-state index contributed by atoms with van der Waals surface area (Å²) >= 11 is 0. The first-order valence-corrected chi connectivity index (χ1v) is 9.30. The highest BCUT2D eigenvalue weighted by Crippen LogP contribution is 2.27. The molecule has 0 aromatic heterocycles. The Balaban J connectivity index is 1.79. The van der Waals surface area contributed by atoms with Gasteiger partial charge in [0.05, 0.1) is 18.2 Å². The van der Waals surface area contributed by atoms with Gasteiger partial charge in [0.25, 0.3) is 11.8 Å². The number of benzene rings is 2. The van der Waals surface area contributed by atoms with Crippen molar-refractivity contribution in [1.82, 2.24) is 10.2 Å². The van der Waals surface area contributed by atoms with Gasteiger partial charge in [0.2, 0.25) is 5.91 Å². The molecule has 1 aliphatic heterocycles. The number of amides is 3. The number of rotatable bonds is 7. The van der Waals surface area contributed by atoms with Crippen LogP contribution in [-0.2, 0) is 11.3 Å². The van der Waals surface area contributed by atoms with E-state index in [-0.39, 0.29) is 18.4 Å². The first-order valence-electron chi connectivity index (χ1n) is 9.30. The van der Waals surface area contributed by atoms with Crippen LogP contribution in [0.5, 0.6) is 5.75 Å². The average molecular weight is 380 g/mol. The second-order valence-corrected chi connectivity index (χ2v) is 7.24. The maximum Gasteiger partial charge on any atom is 0.262 e. The standard InChI is InChI=1S/C22H24N2O4/c1-14(2)11-19(20(25)23-13-15-7-6-8-16(12-15)28-3)24-21(26)17-9-4-5-10-18(17)22(24)27/h4-10,12,14,19H,11,13H2,1-3H3,(H,23,25). The summed E-state index contributed by atoms with van der Waals surface area (Å²) in [4.78, 5) is 39.7. The number of nitrogens with one attached hydrogen (secondary N) is 1. The minimum absolute atomic E-state index is 0.136. The number of hydrogen-bond acceptors (Lipinski definition) is 4. The molecule has 146 valence electrons. The third-order valence-electron chi connectivity index (χ3n) is 4.74. The van der Waals surface area contributed by atoms with Gasteiger partial charge in [-0.2, -0.15) is 0 Å². The lowest BCUT2D eigenvalue weighted by Crippen LogP contribution is -2.50. The molecule has 2 aromatic rings. The van der Waals surface area contributed by atoms with Crippen LogP contribution < -0.4 is 10.1 Å². The van der Waals surface area contributed by atoms with Crippen LogP contribution in [0.1, 0.15) is 46.5 Å². The van der Waals surface area contributed by atoms with Gasteiger partial charge in [-0.1, -0.05) is 38.1 Å². The average Bonchev–Trinajstić information content (AvgIpc) is 2.95. The molecule has 1 atom stereocenters. The van der Waals surface area contributed by atoms with E-state index >= 15 is 0 Å². The van der Waals surface area contributed by atoms with Crippen molar-refractivity contribution < 1.29 is 19.1 Å². The van der Waals surface area contributed by atoms with Crippen LogP contribution in [0.25, 0.3) is 0 Å². The van der Waals surface area contributed by atoms with Crippen LogP contribution in [0.4, 0.5) is 0 Å². The highest BCUT2D eigenvalue weighted by atomic mass is 16.5. The van der Waals surface area contributed by atoms with E-state index in [1.54, 1.807) is 31.4 Å². The van der Waals surface area contributed by atoms with Gasteiger partial charge < -0.3 is 10.1 Å². The Morgan fingerprint density at radius 1 is 1.04 bits per heavy atom. The molecule has 3 rings (SSSR count). The molecule has 0 saturated carbocycles. The van der Waals surface area contributed by atoms with Gasteiger partial charge in [-0.3, -0.25) is 19.3 Å². The first kappa shape index (κ1) is 19.6. The van der Waals surface area contributed by atoms with Gasteiger partial charge in [-0.05, 0) is 42.2 Å². The first-order chi connectivity index (χ1) is 13.4. The summed E-state index contributed by atoms with van der Waals surface area (Å²) in [6.45, 7) is 4.20. The van der Waals surface area contributed by atoms with Crippen molar-refractivity contribution in [3.8, 4) is 5.75 Å². The molecule has 0 fully saturated rings. The van der Waals surface area contributed by atoms with Crippen LogP contribution in [-0.4, -0.2) is 35.8 Å². The van der Waals surface area contributed by atoms with Crippen LogP contribution in [0, 0.1) is 5.92 Å². The van der Waals surface area contributed by atoms with E-state index in [4.69, 9.17) is 4.74 Å². The van der Waals surface area contributed by atoms with Crippen LogP contribution >= 0.6 is 0 Å². The normalized spacial score (nSPS) is 14.2. The Labute approximate surface area is 164 Å². The maximum atomic E-state index is 12.9. The largest absolute Gasteiger partial charge is 0.497 e. The molecule has 3 amide bonds. The van der Waals surface area contributed by atoms with E-state index in [1.165, 1.54) is 0 Å². The van der Waals surface area contributed by atoms with Crippen molar-refractivity contribution in [2.75, 3.05) is 7.11 Å².